The van der Waals surface area contributed by atoms with Crippen LogP contribution in [0.4, 0.5) is 0 Å². The van der Waals surface area contributed by atoms with E-state index in [1.807, 2.05) is 26.0 Å². The van der Waals surface area contributed by atoms with E-state index in [-0.39, 0.29) is 18.4 Å². The number of piperazine rings is 1. The molecular formula is C14H18BrN3O2. The van der Waals surface area contributed by atoms with Gasteiger partial charge in [-0.1, -0.05) is 13.8 Å². The Hall–Kier alpha value is -1.43. The standard InChI is InChI=1S/C14H18BrN3O2/c1-9(2)5-12-14(20)18(8-13(19)17-12)7-11-4-3-10(15)6-16-11/h3-4,6,9,12H,5,7-8H2,1-2H3,(H,17,19). The summed E-state index contributed by atoms with van der Waals surface area (Å²) < 4.78 is 0.890. The molecule has 6 heteroatoms. The van der Waals surface area contributed by atoms with Crippen LogP contribution in [-0.4, -0.2) is 34.3 Å². The highest BCUT2D eigenvalue weighted by Gasteiger charge is 2.32. The fraction of sp³-hybridized carbons (Fsp3) is 0.500. The van der Waals surface area contributed by atoms with Crippen LogP contribution >= 0.6 is 15.9 Å². The average molecular weight is 340 g/mol. The van der Waals surface area contributed by atoms with E-state index in [2.05, 4.69) is 26.2 Å². The van der Waals surface area contributed by atoms with Crippen molar-refractivity contribution in [1.82, 2.24) is 15.2 Å². The SMILES string of the molecule is CC(C)CC1NC(=O)CN(Cc2ccc(Br)cn2)C1=O. The van der Waals surface area contributed by atoms with Gasteiger partial charge in [0, 0.05) is 10.7 Å². The van der Waals surface area contributed by atoms with Gasteiger partial charge in [0.15, 0.2) is 0 Å². The zero-order chi connectivity index (χ0) is 14.7. The Balaban J connectivity index is 2.07. The fourth-order valence-corrected chi connectivity index (χ4v) is 2.47. The molecule has 0 radical (unpaired) electrons. The number of aromatic nitrogens is 1. The van der Waals surface area contributed by atoms with Crippen LogP contribution in [0.2, 0.25) is 0 Å². The highest BCUT2D eigenvalue weighted by Crippen LogP contribution is 2.15. The Bertz CT molecular complexity index is 502. The quantitative estimate of drug-likeness (QED) is 0.908. The molecule has 1 unspecified atom stereocenters. The van der Waals surface area contributed by atoms with Crippen molar-refractivity contribution in [3.63, 3.8) is 0 Å². The van der Waals surface area contributed by atoms with Crippen LogP contribution in [0.25, 0.3) is 0 Å². The number of hydrogen-bond acceptors (Lipinski definition) is 3. The number of carbonyl (C=O) groups is 2. The molecule has 0 aliphatic carbocycles. The number of hydrogen-bond donors (Lipinski definition) is 1. The summed E-state index contributed by atoms with van der Waals surface area (Å²) in [5.41, 5.74) is 0.777. The summed E-state index contributed by atoms with van der Waals surface area (Å²) in [6.07, 6.45) is 2.35. The first-order valence-corrected chi connectivity index (χ1v) is 7.43. The summed E-state index contributed by atoms with van der Waals surface area (Å²) in [4.78, 5) is 29.9. The highest BCUT2D eigenvalue weighted by molar-refractivity contribution is 9.10. The molecule has 1 atom stereocenters. The van der Waals surface area contributed by atoms with Gasteiger partial charge >= 0.3 is 0 Å². The summed E-state index contributed by atoms with van der Waals surface area (Å²) >= 11 is 3.32. The molecule has 1 aromatic heterocycles. The molecule has 0 aromatic carbocycles. The molecule has 108 valence electrons. The normalized spacial score (nSPS) is 19.4. The molecule has 5 nitrogen and oxygen atoms in total. The van der Waals surface area contributed by atoms with Crippen molar-refractivity contribution >= 4 is 27.7 Å². The third kappa shape index (κ3) is 3.79. The maximum atomic E-state index is 12.4. The number of pyridine rings is 1. The van der Waals surface area contributed by atoms with Gasteiger partial charge < -0.3 is 10.2 Å². The number of carbonyl (C=O) groups excluding carboxylic acids is 2. The second-order valence-corrected chi connectivity index (χ2v) is 6.33. The molecule has 0 saturated carbocycles. The molecule has 1 aromatic rings. The molecule has 2 amide bonds. The minimum absolute atomic E-state index is 0.0250. The van der Waals surface area contributed by atoms with Crippen molar-refractivity contribution in [3.8, 4) is 0 Å². The molecular weight excluding hydrogens is 322 g/mol. The third-order valence-corrected chi connectivity index (χ3v) is 3.60. The maximum Gasteiger partial charge on any atom is 0.245 e. The van der Waals surface area contributed by atoms with Crippen LogP contribution in [0.15, 0.2) is 22.8 Å². The van der Waals surface area contributed by atoms with Gasteiger partial charge in [-0.15, -0.1) is 0 Å². The topological polar surface area (TPSA) is 62.3 Å². The lowest BCUT2D eigenvalue weighted by Crippen LogP contribution is -2.57. The molecule has 0 spiro atoms. The van der Waals surface area contributed by atoms with Crippen molar-refractivity contribution in [2.45, 2.75) is 32.9 Å². The number of amides is 2. The molecule has 2 heterocycles. The molecule has 1 fully saturated rings. The zero-order valence-electron chi connectivity index (χ0n) is 11.6. The van der Waals surface area contributed by atoms with E-state index in [1.54, 1.807) is 11.1 Å². The fourth-order valence-electron chi connectivity index (χ4n) is 2.23. The van der Waals surface area contributed by atoms with E-state index in [4.69, 9.17) is 0 Å². The van der Waals surface area contributed by atoms with Crippen molar-refractivity contribution in [2.24, 2.45) is 5.92 Å². The first kappa shape index (κ1) is 15.0. The molecule has 1 aliphatic rings. The minimum Gasteiger partial charge on any atom is -0.343 e. The van der Waals surface area contributed by atoms with E-state index >= 15 is 0 Å². The van der Waals surface area contributed by atoms with Crippen LogP contribution in [0, 0.1) is 5.92 Å². The number of rotatable bonds is 4. The van der Waals surface area contributed by atoms with Gasteiger partial charge in [-0.3, -0.25) is 14.6 Å². The van der Waals surface area contributed by atoms with Gasteiger partial charge in [-0.2, -0.15) is 0 Å². The van der Waals surface area contributed by atoms with E-state index in [1.165, 1.54) is 0 Å². The van der Waals surface area contributed by atoms with Crippen molar-refractivity contribution in [2.75, 3.05) is 6.54 Å². The summed E-state index contributed by atoms with van der Waals surface area (Å²) in [7, 11) is 0. The molecule has 1 saturated heterocycles. The summed E-state index contributed by atoms with van der Waals surface area (Å²) in [6.45, 7) is 4.54. The lowest BCUT2D eigenvalue weighted by atomic mass is 10.0. The number of nitrogens with one attached hydrogen (secondary N) is 1. The van der Waals surface area contributed by atoms with Crippen molar-refractivity contribution in [1.29, 1.82) is 0 Å². The monoisotopic (exact) mass is 339 g/mol. The van der Waals surface area contributed by atoms with Crippen molar-refractivity contribution < 1.29 is 9.59 Å². The summed E-state index contributed by atoms with van der Waals surface area (Å²) in [6, 6.07) is 3.32. The van der Waals surface area contributed by atoms with Crippen LogP contribution < -0.4 is 5.32 Å². The molecule has 1 aliphatic heterocycles. The van der Waals surface area contributed by atoms with E-state index in [9.17, 15) is 9.59 Å². The predicted octanol–water partition coefficient (Wildman–Crippen LogP) is 1.72. The summed E-state index contributed by atoms with van der Waals surface area (Å²) in [5.74, 6) is 0.227. The van der Waals surface area contributed by atoms with Gasteiger partial charge in [0.1, 0.15) is 12.6 Å². The van der Waals surface area contributed by atoms with Gasteiger partial charge in [0.25, 0.3) is 0 Å². The highest BCUT2D eigenvalue weighted by atomic mass is 79.9. The second-order valence-electron chi connectivity index (χ2n) is 5.41. The Morgan fingerprint density at radius 1 is 1.45 bits per heavy atom. The molecule has 2 rings (SSSR count). The Labute approximate surface area is 126 Å². The van der Waals surface area contributed by atoms with Gasteiger partial charge in [0.05, 0.1) is 12.2 Å². The zero-order valence-corrected chi connectivity index (χ0v) is 13.2. The maximum absolute atomic E-state index is 12.4. The van der Waals surface area contributed by atoms with Crippen LogP contribution in [0.3, 0.4) is 0 Å². The van der Waals surface area contributed by atoms with Crippen LogP contribution in [0.5, 0.6) is 0 Å². The Morgan fingerprint density at radius 2 is 2.20 bits per heavy atom. The van der Waals surface area contributed by atoms with Gasteiger partial charge in [-0.05, 0) is 40.4 Å². The van der Waals surface area contributed by atoms with E-state index in [0.717, 1.165) is 10.2 Å². The first-order valence-electron chi connectivity index (χ1n) is 6.64. The van der Waals surface area contributed by atoms with Gasteiger partial charge in [-0.25, -0.2) is 0 Å². The summed E-state index contributed by atoms with van der Waals surface area (Å²) in [5, 5.41) is 2.76. The Kier molecular flexibility index (Phi) is 4.75. The largest absolute Gasteiger partial charge is 0.343 e. The van der Waals surface area contributed by atoms with E-state index < -0.39 is 6.04 Å². The lowest BCUT2D eigenvalue weighted by Gasteiger charge is -2.33. The number of nitrogens with zero attached hydrogens (tertiary/aromatic N) is 2. The van der Waals surface area contributed by atoms with Crippen LogP contribution in [0.1, 0.15) is 26.0 Å². The number of halogens is 1. The molecule has 0 bridgehead atoms. The van der Waals surface area contributed by atoms with E-state index in [0.29, 0.717) is 18.9 Å². The third-order valence-electron chi connectivity index (χ3n) is 3.13. The first-order chi connectivity index (χ1) is 9.45. The molecule has 1 N–H and O–H groups in total. The van der Waals surface area contributed by atoms with Gasteiger partial charge in [0.2, 0.25) is 11.8 Å². The minimum atomic E-state index is -0.410. The second kappa shape index (κ2) is 6.35. The molecule has 20 heavy (non-hydrogen) atoms. The van der Waals surface area contributed by atoms with Crippen molar-refractivity contribution in [3.05, 3.63) is 28.5 Å². The lowest BCUT2D eigenvalue weighted by molar-refractivity contribution is -0.145. The average Bonchev–Trinajstić information content (AvgIpc) is 2.37. The predicted molar refractivity (Wildman–Crippen MR) is 78.7 cm³/mol. The Morgan fingerprint density at radius 3 is 2.80 bits per heavy atom. The smallest absolute Gasteiger partial charge is 0.245 e. The van der Waals surface area contributed by atoms with Crippen LogP contribution in [-0.2, 0) is 16.1 Å².